The number of nitrogens with zero attached hydrogens (tertiary/aromatic N) is 3. The first kappa shape index (κ1) is 29.1. The Morgan fingerprint density at radius 3 is 2.44 bits per heavy atom. The average Bonchev–Trinajstić information content (AvgIpc) is 2.99. The number of fused-ring (bicyclic) bond motifs is 1. The number of piperazine rings is 1. The number of benzene rings is 2. The molecule has 12 heteroatoms. The van der Waals surface area contributed by atoms with E-state index in [1.54, 1.807) is 48.2 Å². The van der Waals surface area contributed by atoms with Gasteiger partial charge in [-0.15, -0.1) is 0 Å². The molecule has 0 bridgehead atoms. The molecule has 0 spiro atoms. The fourth-order valence-electron chi connectivity index (χ4n) is 4.55. The van der Waals surface area contributed by atoms with Gasteiger partial charge in [-0.05, 0) is 36.8 Å². The largest absolute Gasteiger partial charge is 0.496 e. The number of aromatic nitrogens is 1. The third-order valence-electron chi connectivity index (χ3n) is 6.55. The van der Waals surface area contributed by atoms with Crippen LogP contribution in [0.2, 0.25) is 0 Å². The van der Waals surface area contributed by atoms with Gasteiger partial charge in [0.05, 0.1) is 19.2 Å². The molecular formula is C29H32N4O8. The highest BCUT2D eigenvalue weighted by Gasteiger charge is 2.31. The van der Waals surface area contributed by atoms with Crippen LogP contribution in [0.1, 0.15) is 23.0 Å². The molecule has 1 atom stereocenters. The van der Waals surface area contributed by atoms with Crippen molar-refractivity contribution in [3.8, 4) is 11.5 Å². The predicted molar refractivity (Wildman–Crippen MR) is 148 cm³/mol. The number of amides is 3. The highest BCUT2D eigenvalue weighted by molar-refractivity contribution is 5.99. The fraction of sp³-hybridized carbons (Fsp3) is 0.345. The van der Waals surface area contributed by atoms with Gasteiger partial charge in [-0.1, -0.05) is 24.3 Å². The molecule has 3 aromatic rings. The lowest BCUT2D eigenvalue weighted by Crippen LogP contribution is -2.56. The van der Waals surface area contributed by atoms with Crippen LogP contribution in [0.5, 0.6) is 11.5 Å². The number of pyridine rings is 1. The van der Waals surface area contributed by atoms with Crippen molar-refractivity contribution in [1.29, 1.82) is 0 Å². The molecule has 1 unspecified atom stereocenters. The Balaban J connectivity index is 1.56. The number of hydrogen-bond acceptors (Lipinski definition) is 8. The van der Waals surface area contributed by atoms with Crippen molar-refractivity contribution in [2.45, 2.75) is 19.4 Å². The second-order valence-electron chi connectivity index (χ2n) is 9.30. The van der Waals surface area contributed by atoms with Crippen LogP contribution >= 0.6 is 0 Å². The molecule has 0 aliphatic carbocycles. The van der Waals surface area contributed by atoms with Gasteiger partial charge in [0.25, 0.3) is 5.91 Å². The molecule has 1 aromatic heterocycles. The van der Waals surface area contributed by atoms with E-state index in [9.17, 15) is 19.2 Å². The molecule has 1 fully saturated rings. The monoisotopic (exact) mass is 564 g/mol. The maximum atomic E-state index is 13.7. The number of carboxylic acids is 1. The number of carboxylic acid groups (broad SMARTS) is 1. The van der Waals surface area contributed by atoms with Crippen molar-refractivity contribution in [2.75, 3.05) is 46.5 Å². The quantitative estimate of drug-likeness (QED) is 0.379. The first-order chi connectivity index (χ1) is 19.8. The van der Waals surface area contributed by atoms with Crippen molar-refractivity contribution < 1.29 is 38.5 Å². The summed E-state index contributed by atoms with van der Waals surface area (Å²) in [4.78, 5) is 57.8. The lowest BCUT2D eigenvalue weighted by molar-refractivity contribution is -0.139. The molecule has 1 aliphatic rings. The highest BCUT2D eigenvalue weighted by atomic mass is 16.6. The molecule has 1 aliphatic heterocycles. The normalized spacial score (nSPS) is 13.8. The SMILES string of the molecule is CCOC(=O)N1CCN(C(=O)C(Cc2cccc(OCC(=O)O)c2)NC(=O)c2cc(OC)c3ccccc3n2)CC1. The van der Waals surface area contributed by atoms with Gasteiger partial charge < -0.3 is 34.4 Å². The summed E-state index contributed by atoms with van der Waals surface area (Å²) in [5, 5.41) is 12.5. The van der Waals surface area contributed by atoms with E-state index in [0.29, 0.717) is 35.7 Å². The van der Waals surface area contributed by atoms with Crippen LogP contribution < -0.4 is 14.8 Å². The molecule has 0 saturated carbocycles. The lowest BCUT2D eigenvalue weighted by Gasteiger charge is -2.36. The fourth-order valence-corrected chi connectivity index (χ4v) is 4.55. The van der Waals surface area contributed by atoms with E-state index in [2.05, 4.69) is 10.3 Å². The number of carbonyl (C=O) groups excluding carboxylic acids is 3. The zero-order chi connectivity index (χ0) is 29.4. The Hall–Kier alpha value is -4.87. The Labute approximate surface area is 236 Å². The summed E-state index contributed by atoms with van der Waals surface area (Å²) < 4.78 is 15.8. The zero-order valence-electron chi connectivity index (χ0n) is 22.9. The molecule has 2 N–H and O–H groups in total. The van der Waals surface area contributed by atoms with Gasteiger partial charge in [-0.25, -0.2) is 14.6 Å². The van der Waals surface area contributed by atoms with Gasteiger partial charge in [-0.2, -0.15) is 0 Å². The first-order valence-electron chi connectivity index (χ1n) is 13.2. The predicted octanol–water partition coefficient (Wildman–Crippen LogP) is 2.35. The summed E-state index contributed by atoms with van der Waals surface area (Å²) in [6, 6.07) is 14.5. The summed E-state index contributed by atoms with van der Waals surface area (Å²) >= 11 is 0. The van der Waals surface area contributed by atoms with Crippen LogP contribution in [0.25, 0.3) is 10.9 Å². The van der Waals surface area contributed by atoms with Crippen molar-refractivity contribution in [2.24, 2.45) is 0 Å². The van der Waals surface area contributed by atoms with Crippen molar-refractivity contribution in [1.82, 2.24) is 20.1 Å². The molecule has 216 valence electrons. The van der Waals surface area contributed by atoms with Crippen LogP contribution in [0.4, 0.5) is 4.79 Å². The van der Waals surface area contributed by atoms with E-state index in [1.165, 1.54) is 18.1 Å². The molecule has 2 aromatic carbocycles. The summed E-state index contributed by atoms with van der Waals surface area (Å²) in [6.45, 7) is 2.62. The second kappa shape index (κ2) is 13.5. The molecule has 41 heavy (non-hydrogen) atoms. The smallest absolute Gasteiger partial charge is 0.409 e. The number of ether oxygens (including phenoxy) is 3. The van der Waals surface area contributed by atoms with Crippen molar-refractivity contribution >= 4 is 34.8 Å². The molecule has 1 saturated heterocycles. The Morgan fingerprint density at radius 1 is 1.00 bits per heavy atom. The molecule has 3 amide bonds. The number of carbonyl (C=O) groups is 4. The number of methoxy groups -OCH3 is 1. The van der Waals surface area contributed by atoms with Crippen LogP contribution in [-0.2, 0) is 20.7 Å². The summed E-state index contributed by atoms with van der Waals surface area (Å²) in [5.41, 5.74) is 1.31. The number of rotatable bonds is 10. The van der Waals surface area contributed by atoms with Gasteiger partial charge in [0.2, 0.25) is 5.91 Å². The third kappa shape index (κ3) is 7.41. The maximum absolute atomic E-state index is 13.7. The Kier molecular flexibility index (Phi) is 9.56. The Morgan fingerprint density at radius 2 is 1.73 bits per heavy atom. The molecule has 12 nitrogen and oxygen atoms in total. The van der Waals surface area contributed by atoms with Gasteiger partial charge >= 0.3 is 12.1 Å². The molecule has 4 rings (SSSR count). The van der Waals surface area contributed by atoms with E-state index >= 15 is 0 Å². The minimum atomic E-state index is -1.11. The molecule has 2 heterocycles. The first-order valence-corrected chi connectivity index (χ1v) is 13.2. The van der Waals surface area contributed by atoms with E-state index in [4.69, 9.17) is 19.3 Å². The standard InChI is InChI=1S/C29H32N4O8/c1-3-40-29(38)33-13-11-32(12-14-33)28(37)24(16-19-7-6-8-20(15-19)41-18-26(34)35)31-27(36)23-17-25(39-2)21-9-4-5-10-22(21)30-23/h4-10,15,17,24H,3,11-14,16,18H2,1-2H3,(H,31,36)(H,34,35). The van der Waals surface area contributed by atoms with Crippen LogP contribution in [0.3, 0.4) is 0 Å². The third-order valence-corrected chi connectivity index (χ3v) is 6.55. The van der Waals surface area contributed by atoms with Crippen molar-refractivity contribution in [3.63, 3.8) is 0 Å². The van der Waals surface area contributed by atoms with E-state index in [0.717, 1.165) is 5.39 Å². The summed E-state index contributed by atoms with van der Waals surface area (Å²) in [5.74, 6) is -1.20. The van der Waals surface area contributed by atoms with E-state index in [1.807, 2.05) is 12.1 Å². The maximum Gasteiger partial charge on any atom is 0.409 e. The number of nitrogens with one attached hydrogen (secondary N) is 1. The number of aliphatic carboxylic acids is 1. The minimum absolute atomic E-state index is 0.0871. The summed E-state index contributed by atoms with van der Waals surface area (Å²) in [6.07, 6.45) is -0.323. The highest BCUT2D eigenvalue weighted by Crippen LogP contribution is 2.25. The number of para-hydroxylation sites is 1. The van der Waals surface area contributed by atoms with Gasteiger partial charge in [0.15, 0.2) is 6.61 Å². The number of hydrogen-bond donors (Lipinski definition) is 2. The molecule has 0 radical (unpaired) electrons. The molecular weight excluding hydrogens is 532 g/mol. The summed E-state index contributed by atoms with van der Waals surface area (Å²) in [7, 11) is 1.51. The van der Waals surface area contributed by atoms with E-state index in [-0.39, 0.29) is 37.7 Å². The van der Waals surface area contributed by atoms with Gasteiger partial charge in [-0.3, -0.25) is 9.59 Å². The van der Waals surface area contributed by atoms with Gasteiger partial charge in [0, 0.05) is 44.1 Å². The zero-order valence-corrected chi connectivity index (χ0v) is 22.9. The Bertz CT molecular complexity index is 1420. The lowest BCUT2D eigenvalue weighted by atomic mass is 10.0. The van der Waals surface area contributed by atoms with Crippen LogP contribution in [0, 0.1) is 0 Å². The second-order valence-corrected chi connectivity index (χ2v) is 9.30. The van der Waals surface area contributed by atoms with Crippen LogP contribution in [0.15, 0.2) is 54.6 Å². The topological polar surface area (TPSA) is 148 Å². The van der Waals surface area contributed by atoms with Gasteiger partial charge in [0.1, 0.15) is 23.2 Å². The van der Waals surface area contributed by atoms with Crippen LogP contribution in [-0.4, -0.2) is 96.3 Å². The average molecular weight is 565 g/mol. The van der Waals surface area contributed by atoms with Crippen molar-refractivity contribution in [3.05, 3.63) is 65.9 Å². The minimum Gasteiger partial charge on any atom is -0.496 e. The van der Waals surface area contributed by atoms with E-state index < -0.39 is 30.6 Å².